The molecule has 1 amide bonds. The van der Waals surface area contributed by atoms with Crippen LogP contribution in [0.2, 0.25) is 0 Å². The fourth-order valence-corrected chi connectivity index (χ4v) is 3.67. The van der Waals surface area contributed by atoms with Crippen molar-refractivity contribution >= 4 is 5.91 Å². The monoisotopic (exact) mass is 280 g/mol. The topological polar surface area (TPSA) is 32.3 Å². The molecule has 0 spiro atoms. The SMILES string of the molecule is CC(C)N(CC1CCCCN1)C(=O)CC1CCCCC1. The Kier molecular flexibility index (Phi) is 6.34. The van der Waals surface area contributed by atoms with Crippen molar-refractivity contribution in [1.82, 2.24) is 10.2 Å². The summed E-state index contributed by atoms with van der Waals surface area (Å²) in [5.74, 6) is 1.04. The fourth-order valence-electron chi connectivity index (χ4n) is 3.67. The molecule has 2 aliphatic rings. The van der Waals surface area contributed by atoms with Crippen LogP contribution in [0, 0.1) is 5.92 Å². The van der Waals surface area contributed by atoms with E-state index in [9.17, 15) is 4.79 Å². The van der Waals surface area contributed by atoms with Gasteiger partial charge in [0.2, 0.25) is 5.91 Å². The molecule has 1 atom stereocenters. The highest BCUT2D eigenvalue weighted by Gasteiger charge is 2.25. The van der Waals surface area contributed by atoms with E-state index in [2.05, 4.69) is 24.1 Å². The highest BCUT2D eigenvalue weighted by molar-refractivity contribution is 5.76. The van der Waals surface area contributed by atoms with Crippen molar-refractivity contribution in [2.75, 3.05) is 13.1 Å². The van der Waals surface area contributed by atoms with Crippen LogP contribution in [0.15, 0.2) is 0 Å². The zero-order valence-corrected chi connectivity index (χ0v) is 13.4. The van der Waals surface area contributed by atoms with Crippen molar-refractivity contribution in [3.63, 3.8) is 0 Å². The number of amides is 1. The van der Waals surface area contributed by atoms with Gasteiger partial charge in [-0.15, -0.1) is 0 Å². The maximum Gasteiger partial charge on any atom is 0.223 e. The first-order valence-electron chi connectivity index (χ1n) is 8.69. The van der Waals surface area contributed by atoms with Crippen LogP contribution >= 0.6 is 0 Å². The maximum absolute atomic E-state index is 12.6. The maximum atomic E-state index is 12.6. The van der Waals surface area contributed by atoms with Gasteiger partial charge in [-0.25, -0.2) is 0 Å². The van der Waals surface area contributed by atoms with Crippen LogP contribution in [-0.2, 0) is 4.79 Å². The first kappa shape index (κ1) is 15.8. The molecule has 0 aromatic heterocycles. The molecule has 1 heterocycles. The molecule has 1 aliphatic heterocycles. The van der Waals surface area contributed by atoms with Gasteiger partial charge in [0.25, 0.3) is 0 Å². The van der Waals surface area contributed by atoms with E-state index < -0.39 is 0 Å². The minimum absolute atomic E-state index is 0.329. The average Bonchev–Trinajstić information content (AvgIpc) is 2.46. The van der Waals surface area contributed by atoms with E-state index in [1.54, 1.807) is 0 Å². The summed E-state index contributed by atoms with van der Waals surface area (Å²) in [6.07, 6.45) is 11.1. The highest BCUT2D eigenvalue weighted by Crippen LogP contribution is 2.27. The van der Waals surface area contributed by atoms with Gasteiger partial charge in [-0.3, -0.25) is 4.79 Å². The van der Waals surface area contributed by atoms with Crippen molar-refractivity contribution in [3.8, 4) is 0 Å². The Labute approximate surface area is 124 Å². The number of rotatable bonds is 5. The first-order valence-corrected chi connectivity index (χ1v) is 8.69. The summed E-state index contributed by atoms with van der Waals surface area (Å²) >= 11 is 0. The van der Waals surface area contributed by atoms with E-state index in [-0.39, 0.29) is 0 Å². The lowest BCUT2D eigenvalue weighted by molar-refractivity contribution is -0.134. The van der Waals surface area contributed by atoms with E-state index in [1.165, 1.54) is 51.4 Å². The van der Waals surface area contributed by atoms with Gasteiger partial charge in [-0.1, -0.05) is 25.7 Å². The summed E-state index contributed by atoms with van der Waals surface area (Å²) < 4.78 is 0. The average molecular weight is 280 g/mol. The molecule has 2 rings (SSSR count). The molecule has 3 nitrogen and oxygen atoms in total. The minimum atomic E-state index is 0.329. The van der Waals surface area contributed by atoms with Gasteiger partial charge in [-0.2, -0.15) is 0 Å². The smallest absolute Gasteiger partial charge is 0.223 e. The van der Waals surface area contributed by atoms with E-state index in [4.69, 9.17) is 0 Å². The Morgan fingerprint density at radius 1 is 1.10 bits per heavy atom. The quantitative estimate of drug-likeness (QED) is 0.837. The molecule has 1 saturated carbocycles. The zero-order chi connectivity index (χ0) is 14.4. The van der Waals surface area contributed by atoms with E-state index in [0.717, 1.165) is 19.5 Å². The molecule has 0 aromatic rings. The van der Waals surface area contributed by atoms with Gasteiger partial charge < -0.3 is 10.2 Å². The zero-order valence-electron chi connectivity index (χ0n) is 13.4. The second-order valence-corrected chi connectivity index (χ2v) is 6.99. The molecule has 1 N–H and O–H groups in total. The molecule has 2 fully saturated rings. The van der Waals surface area contributed by atoms with Gasteiger partial charge in [0.15, 0.2) is 0 Å². The summed E-state index contributed by atoms with van der Waals surface area (Å²) in [4.78, 5) is 14.7. The van der Waals surface area contributed by atoms with Crippen molar-refractivity contribution in [2.45, 2.75) is 83.7 Å². The van der Waals surface area contributed by atoms with Gasteiger partial charge in [0.05, 0.1) is 0 Å². The van der Waals surface area contributed by atoms with Gasteiger partial charge in [0.1, 0.15) is 0 Å². The molecule has 20 heavy (non-hydrogen) atoms. The number of hydrogen-bond acceptors (Lipinski definition) is 2. The third kappa shape index (κ3) is 4.76. The number of piperidine rings is 1. The van der Waals surface area contributed by atoms with Crippen LogP contribution in [0.5, 0.6) is 0 Å². The molecule has 1 unspecified atom stereocenters. The van der Waals surface area contributed by atoms with Gasteiger partial charge >= 0.3 is 0 Å². The molecule has 0 radical (unpaired) electrons. The van der Waals surface area contributed by atoms with Gasteiger partial charge in [-0.05, 0) is 52.0 Å². The standard InChI is InChI=1S/C17H32N2O/c1-14(2)19(13-16-10-6-7-11-18-16)17(20)12-15-8-4-3-5-9-15/h14-16,18H,3-13H2,1-2H3. The Hall–Kier alpha value is -0.570. The third-order valence-corrected chi connectivity index (χ3v) is 4.96. The van der Waals surface area contributed by atoms with E-state index in [1.807, 2.05) is 0 Å². The number of carbonyl (C=O) groups is 1. The lowest BCUT2D eigenvalue weighted by atomic mass is 9.86. The Morgan fingerprint density at radius 3 is 2.40 bits per heavy atom. The van der Waals surface area contributed by atoms with Crippen LogP contribution in [0.3, 0.4) is 0 Å². The molecule has 3 heteroatoms. The van der Waals surface area contributed by atoms with Gasteiger partial charge in [0, 0.05) is 25.0 Å². The molecule has 0 bridgehead atoms. The van der Waals surface area contributed by atoms with Crippen molar-refractivity contribution in [2.24, 2.45) is 5.92 Å². The Balaban J connectivity index is 1.84. The molecule has 0 aromatic carbocycles. The van der Waals surface area contributed by atoms with Crippen molar-refractivity contribution < 1.29 is 4.79 Å². The minimum Gasteiger partial charge on any atom is -0.339 e. The molecule has 1 saturated heterocycles. The normalized spacial score (nSPS) is 24.9. The van der Waals surface area contributed by atoms with Crippen LogP contribution in [0.25, 0.3) is 0 Å². The number of nitrogens with zero attached hydrogens (tertiary/aromatic N) is 1. The second kappa shape index (κ2) is 8.02. The molecular formula is C17H32N2O. The summed E-state index contributed by atoms with van der Waals surface area (Å²) in [7, 11) is 0. The molecule has 1 aliphatic carbocycles. The summed E-state index contributed by atoms with van der Waals surface area (Å²) in [6, 6.07) is 0.844. The van der Waals surface area contributed by atoms with E-state index in [0.29, 0.717) is 23.9 Å². The van der Waals surface area contributed by atoms with E-state index >= 15 is 0 Å². The first-order chi connectivity index (χ1) is 9.66. The van der Waals surface area contributed by atoms with Crippen LogP contribution in [-0.4, -0.2) is 36.0 Å². The predicted octanol–water partition coefficient (Wildman–Crippen LogP) is 3.34. The van der Waals surface area contributed by atoms with Crippen molar-refractivity contribution in [1.29, 1.82) is 0 Å². The Morgan fingerprint density at radius 2 is 1.80 bits per heavy atom. The highest BCUT2D eigenvalue weighted by atomic mass is 16.2. The number of hydrogen-bond donors (Lipinski definition) is 1. The summed E-state index contributed by atoms with van der Waals surface area (Å²) in [6.45, 7) is 6.33. The summed E-state index contributed by atoms with van der Waals surface area (Å²) in [5.41, 5.74) is 0. The van der Waals surface area contributed by atoms with Crippen LogP contribution in [0.1, 0.15) is 71.6 Å². The largest absolute Gasteiger partial charge is 0.339 e. The lowest BCUT2D eigenvalue weighted by Crippen LogP contribution is -2.48. The van der Waals surface area contributed by atoms with Crippen LogP contribution < -0.4 is 5.32 Å². The second-order valence-electron chi connectivity index (χ2n) is 6.99. The third-order valence-electron chi connectivity index (χ3n) is 4.96. The lowest BCUT2D eigenvalue weighted by Gasteiger charge is -2.34. The van der Waals surface area contributed by atoms with Crippen LogP contribution in [0.4, 0.5) is 0 Å². The molecule has 116 valence electrons. The predicted molar refractivity (Wildman–Crippen MR) is 83.7 cm³/mol. The molecular weight excluding hydrogens is 248 g/mol. The Bertz CT molecular complexity index is 291. The fraction of sp³-hybridized carbons (Fsp3) is 0.941. The number of carbonyl (C=O) groups excluding carboxylic acids is 1. The summed E-state index contributed by atoms with van der Waals surface area (Å²) in [5, 5.41) is 3.57. The number of nitrogens with one attached hydrogen (secondary N) is 1. The van der Waals surface area contributed by atoms with Crippen molar-refractivity contribution in [3.05, 3.63) is 0 Å².